The van der Waals surface area contributed by atoms with Crippen molar-refractivity contribution in [1.29, 1.82) is 0 Å². The molecule has 1 unspecified atom stereocenters. The van der Waals surface area contributed by atoms with Crippen molar-refractivity contribution in [3.05, 3.63) is 41.7 Å². The Balaban J connectivity index is 2.18. The van der Waals surface area contributed by atoms with Crippen LogP contribution in [-0.4, -0.2) is 27.2 Å². The van der Waals surface area contributed by atoms with Crippen molar-refractivity contribution in [2.24, 2.45) is 7.05 Å². The number of hydrogen-bond acceptors (Lipinski definition) is 4. The van der Waals surface area contributed by atoms with Gasteiger partial charge in [-0.15, -0.1) is 5.10 Å². The summed E-state index contributed by atoms with van der Waals surface area (Å²) in [7, 11) is 3.38. The molecule has 17 heavy (non-hydrogen) atoms. The number of methoxy groups -OCH3 is 1. The standard InChI is InChI=1S/C12H15N3O2/c1-15-10(8-13-14-15)11(16)7-9-5-3-4-6-12(9)17-2/h3-6,8,11,16H,7H2,1-2H3. The van der Waals surface area contributed by atoms with Gasteiger partial charge in [-0.05, 0) is 11.6 Å². The third kappa shape index (κ3) is 2.45. The molecule has 0 fully saturated rings. The Morgan fingerprint density at radius 3 is 2.82 bits per heavy atom. The quantitative estimate of drug-likeness (QED) is 0.859. The molecule has 0 saturated heterocycles. The number of nitrogens with zero attached hydrogens (tertiary/aromatic N) is 3. The van der Waals surface area contributed by atoms with Crippen LogP contribution < -0.4 is 4.74 Å². The number of para-hydroxylation sites is 1. The van der Waals surface area contributed by atoms with E-state index in [0.29, 0.717) is 12.1 Å². The molecule has 0 saturated carbocycles. The minimum Gasteiger partial charge on any atom is -0.496 e. The highest BCUT2D eigenvalue weighted by atomic mass is 16.5. The Kier molecular flexibility index (Phi) is 3.39. The largest absolute Gasteiger partial charge is 0.496 e. The molecule has 1 N–H and O–H groups in total. The van der Waals surface area contributed by atoms with E-state index in [4.69, 9.17) is 4.74 Å². The Bertz CT molecular complexity index is 496. The fraction of sp³-hybridized carbons (Fsp3) is 0.333. The maximum absolute atomic E-state index is 10.1. The Morgan fingerprint density at radius 2 is 2.18 bits per heavy atom. The Morgan fingerprint density at radius 1 is 1.41 bits per heavy atom. The van der Waals surface area contributed by atoms with Gasteiger partial charge in [0.15, 0.2) is 0 Å². The predicted octanol–water partition coefficient (Wildman–Crippen LogP) is 1.10. The maximum atomic E-state index is 10.1. The molecule has 5 heteroatoms. The van der Waals surface area contributed by atoms with Crippen LogP contribution >= 0.6 is 0 Å². The molecule has 0 aliphatic carbocycles. The van der Waals surface area contributed by atoms with E-state index in [1.807, 2.05) is 24.3 Å². The van der Waals surface area contributed by atoms with E-state index in [0.717, 1.165) is 11.3 Å². The fourth-order valence-corrected chi connectivity index (χ4v) is 1.78. The van der Waals surface area contributed by atoms with Crippen molar-refractivity contribution < 1.29 is 9.84 Å². The number of aryl methyl sites for hydroxylation is 1. The van der Waals surface area contributed by atoms with Crippen molar-refractivity contribution in [2.45, 2.75) is 12.5 Å². The molecule has 90 valence electrons. The average Bonchev–Trinajstić information content (AvgIpc) is 2.76. The van der Waals surface area contributed by atoms with Crippen LogP contribution in [-0.2, 0) is 13.5 Å². The van der Waals surface area contributed by atoms with Crippen molar-refractivity contribution >= 4 is 0 Å². The van der Waals surface area contributed by atoms with Crippen molar-refractivity contribution in [3.63, 3.8) is 0 Å². The van der Waals surface area contributed by atoms with Crippen LogP contribution in [0, 0.1) is 0 Å². The lowest BCUT2D eigenvalue weighted by atomic mass is 10.1. The molecule has 1 aromatic carbocycles. The minimum absolute atomic E-state index is 0.477. The highest BCUT2D eigenvalue weighted by Gasteiger charge is 2.15. The van der Waals surface area contributed by atoms with Gasteiger partial charge in [0.25, 0.3) is 0 Å². The SMILES string of the molecule is COc1ccccc1CC(O)c1cnnn1C. The summed E-state index contributed by atoms with van der Waals surface area (Å²) in [6.07, 6.45) is 1.41. The summed E-state index contributed by atoms with van der Waals surface area (Å²) in [6.45, 7) is 0. The van der Waals surface area contributed by atoms with Gasteiger partial charge in [-0.3, -0.25) is 0 Å². The van der Waals surface area contributed by atoms with Gasteiger partial charge in [0.1, 0.15) is 11.9 Å². The lowest BCUT2D eigenvalue weighted by molar-refractivity contribution is 0.167. The second-order valence-electron chi connectivity index (χ2n) is 3.81. The fourth-order valence-electron chi connectivity index (χ4n) is 1.78. The second kappa shape index (κ2) is 4.97. The number of aliphatic hydroxyl groups is 1. The third-order valence-electron chi connectivity index (χ3n) is 2.70. The highest BCUT2D eigenvalue weighted by Crippen LogP contribution is 2.23. The van der Waals surface area contributed by atoms with Crippen molar-refractivity contribution in [1.82, 2.24) is 15.0 Å². The molecule has 0 spiro atoms. The second-order valence-corrected chi connectivity index (χ2v) is 3.81. The number of benzene rings is 1. The first-order valence-electron chi connectivity index (χ1n) is 5.37. The monoisotopic (exact) mass is 233 g/mol. The zero-order valence-corrected chi connectivity index (χ0v) is 9.87. The summed E-state index contributed by atoms with van der Waals surface area (Å²) in [5.74, 6) is 0.779. The van der Waals surface area contributed by atoms with Gasteiger partial charge in [-0.2, -0.15) is 0 Å². The topological polar surface area (TPSA) is 60.2 Å². The van der Waals surface area contributed by atoms with Gasteiger partial charge in [-0.1, -0.05) is 23.4 Å². The summed E-state index contributed by atoms with van der Waals surface area (Å²) in [6, 6.07) is 7.64. The third-order valence-corrected chi connectivity index (χ3v) is 2.70. The Hall–Kier alpha value is -1.88. The van der Waals surface area contributed by atoms with E-state index < -0.39 is 6.10 Å². The van der Waals surface area contributed by atoms with E-state index in [1.54, 1.807) is 25.0 Å². The molecule has 5 nitrogen and oxygen atoms in total. The number of ether oxygens (including phenoxy) is 1. The van der Waals surface area contributed by atoms with E-state index in [2.05, 4.69) is 10.3 Å². The van der Waals surface area contributed by atoms with Crippen molar-refractivity contribution in [3.8, 4) is 5.75 Å². The summed E-state index contributed by atoms with van der Waals surface area (Å²) in [5, 5.41) is 17.7. The van der Waals surface area contributed by atoms with Gasteiger partial charge >= 0.3 is 0 Å². The van der Waals surface area contributed by atoms with Gasteiger partial charge < -0.3 is 9.84 Å². The number of hydrogen-bond donors (Lipinski definition) is 1. The Labute approximate surface area is 99.7 Å². The smallest absolute Gasteiger partial charge is 0.122 e. The van der Waals surface area contributed by atoms with E-state index in [1.165, 1.54) is 0 Å². The van der Waals surface area contributed by atoms with Crippen LogP contribution in [0.15, 0.2) is 30.5 Å². The summed E-state index contributed by atoms with van der Waals surface area (Å²) in [4.78, 5) is 0. The molecule has 0 amide bonds. The molecular weight excluding hydrogens is 218 g/mol. The van der Waals surface area contributed by atoms with Crippen molar-refractivity contribution in [2.75, 3.05) is 7.11 Å². The van der Waals surface area contributed by atoms with E-state index >= 15 is 0 Å². The van der Waals surface area contributed by atoms with Crippen LogP contribution in [0.5, 0.6) is 5.75 Å². The number of aliphatic hydroxyl groups excluding tert-OH is 1. The first-order valence-corrected chi connectivity index (χ1v) is 5.37. The zero-order valence-electron chi connectivity index (χ0n) is 9.87. The molecule has 2 aromatic rings. The van der Waals surface area contributed by atoms with Gasteiger partial charge in [0.2, 0.25) is 0 Å². The van der Waals surface area contributed by atoms with Gasteiger partial charge in [0, 0.05) is 13.5 Å². The normalized spacial score (nSPS) is 12.4. The first kappa shape index (κ1) is 11.6. The van der Waals surface area contributed by atoms with Crippen LogP contribution in [0.25, 0.3) is 0 Å². The van der Waals surface area contributed by atoms with Crippen LogP contribution in [0.1, 0.15) is 17.4 Å². The number of rotatable bonds is 4. The molecule has 0 aliphatic heterocycles. The van der Waals surface area contributed by atoms with Crippen LogP contribution in [0.4, 0.5) is 0 Å². The molecule has 2 rings (SSSR count). The van der Waals surface area contributed by atoms with Crippen LogP contribution in [0.3, 0.4) is 0 Å². The lowest BCUT2D eigenvalue weighted by Gasteiger charge is -2.12. The maximum Gasteiger partial charge on any atom is 0.122 e. The molecule has 1 aromatic heterocycles. The molecule has 1 heterocycles. The molecule has 0 radical (unpaired) electrons. The summed E-state index contributed by atoms with van der Waals surface area (Å²) < 4.78 is 6.81. The average molecular weight is 233 g/mol. The molecule has 0 aliphatic rings. The first-order chi connectivity index (χ1) is 8.22. The zero-order chi connectivity index (χ0) is 12.3. The molecule has 1 atom stereocenters. The lowest BCUT2D eigenvalue weighted by Crippen LogP contribution is -2.08. The van der Waals surface area contributed by atoms with E-state index in [-0.39, 0.29) is 0 Å². The minimum atomic E-state index is -0.633. The van der Waals surface area contributed by atoms with Crippen LogP contribution in [0.2, 0.25) is 0 Å². The molecular formula is C12H15N3O2. The number of aromatic nitrogens is 3. The molecule has 0 bridgehead atoms. The summed E-state index contributed by atoms with van der Waals surface area (Å²) in [5.41, 5.74) is 1.65. The summed E-state index contributed by atoms with van der Waals surface area (Å²) >= 11 is 0. The van der Waals surface area contributed by atoms with Gasteiger partial charge in [-0.25, -0.2) is 4.68 Å². The van der Waals surface area contributed by atoms with E-state index in [9.17, 15) is 5.11 Å². The highest BCUT2D eigenvalue weighted by molar-refractivity contribution is 5.34. The predicted molar refractivity (Wildman–Crippen MR) is 62.7 cm³/mol. The van der Waals surface area contributed by atoms with Gasteiger partial charge in [0.05, 0.1) is 19.0 Å².